The lowest BCUT2D eigenvalue weighted by molar-refractivity contribution is -0.129. The lowest BCUT2D eigenvalue weighted by Crippen LogP contribution is -2.32. The van der Waals surface area contributed by atoms with Crippen LogP contribution in [0, 0.1) is 0 Å². The number of carbonyl (C=O) groups excluding carboxylic acids is 1. The molecule has 0 N–H and O–H groups in total. The van der Waals surface area contributed by atoms with Crippen LogP contribution in [0.15, 0.2) is 4.52 Å². The van der Waals surface area contributed by atoms with E-state index >= 15 is 0 Å². The molecule has 1 atom stereocenters. The fraction of sp³-hybridized carbons (Fsp3) is 0.750. The van der Waals surface area contributed by atoms with Crippen molar-refractivity contribution in [3.05, 3.63) is 11.7 Å². The molecule has 0 radical (unpaired) electrons. The zero-order chi connectivity index (χ0) is 12.5. The highest BCUT2D eigenvalue weighted by atomic mass is 32.2. The van der Waals surface area contributed by atoms with E-state index in [0.29, 0.717) is 17.5 Å². The molecule has 0 bridgehead atoms. The molecule has 1 aliphatic heterocycles. The van der Waals surface area contributed by atoms with Crippen LogP contribution in [-0.4, -0.2) is 39.5 Å². The Morgan fingerprint density at radius 2 is 2.33 bits per heavy atom. The fourth-order valence-electron chi connectivity index (χ4n) is 2.42. The number of thioether (sulfide) groups is 1. The fourth-order valence-corrected chi connectivity index (χ4v) is 2.83. The second-order valence-corrected chi connectivity index (χ2v) is 5.81. The standard InChI is InChI=1S/C12H17N3O2S/c1-18-7-10(16)15-6-2-3-9(15)11-13-12(17-14-11)8-4-5-8/h8-9H,2-7H2,1H3/t9-/m1/s1. The Kier molecular flexibility index (Phi) is 3.28. The van der Waals surface area contributed by atoms with Gasteiger partial charge in [-0.25, -0.2) is 0 Å². The Hall–Kier alpha value is -1.04. The average Bonchev–Trinajstić information content (AvgIpc) is 2.93. The van der Waals surface area contributed by atoms with Crippen molar-refractivity contribution in [2.24, 2.45) is 0 Å². The predicted octanol–water partition coefficient (Wildman–Crippen LogP) is 1.97. The van der Waals surface area contributed by atoms with E-state index in [1.165, 1.54) is 0 Å². The summed E-state index contributed by atoms with van der Waals surface area (Å²) in [5.41, 5.74) is 0. The van der Waals surface area contributed by atoms with Gasteiger partial charge in [-0.2, -0.15) is 16.7 Å². The number of aromatic nitrogens is 2. The minimum atomic E-state index is 0.0286. The van der Waals surface area contributed by atoms with Gasteiger partial charge in [0.05, 0.1) is 11.8 Å². The highest BCUT2D eigenvalue weighted by molar-refractivity contribution is 7.99. The van der Waals surface area contributed by atoms with E-state index < -0.39 is 0 Å². The summed E-state index contributed by atoms with van der Waals surface area (Å²) in [5, 5.41) is 4.07. The van der Waals surface area contributed by atoms with Crippen molar-refractivity contribution >= 4 is 17.7 Å². The maximum atomic E-state index is 12.0. The van der Waals surface area contributed by atoms with E-state index in [1.807, 2.05) is 11.2 Å². The van der Waals surface area contributed by atoms with Gasteiger partial charge in [0.25, 0.3) is 0 Å². The molecular formula is C12H17N3O2S. The summed E-state index contributed by atoms with van der Waals surface area (Å²) in [4.78, 5) is 18.4. The molecule has 1 amide bonds. The van der Waals surface area contributed by atoms with E-state index in [-0.39, 0.29) is 11.9 Å². The quantitative estimate of drug-likeness (QED) is 0.834. The molecule has 98 valence electrons. The van der Waals surface area contributed by atoms with Gasteiger partial charge >= 0.3 is 0 Å². The van der Waals surface area contributed by atoms with Crippen molar-refractivity contribution in [1.82, 2.24) is 15.0 Å². The Balaban J connectivity index is 1.74. The summed E-state index contributed by atoms with van der Waals surface area (Å²) in [6.07, 6.45) is 6.23. The molecule has 6 heteroatoms. The number of rotatable bonds is 4. The highest BCUT2D eigenvalue weighted by Crippen LogP contribution is 2.40. The van der Waals surface area contributed by atoms with Crippen molar-refractivity contribution in [1.29, 1.82) is 0 Å². The summed E-state index contributed by atoms with van der Waals surface area (Å²) in [6, 6.07) is 0.0286. The van der Waals surface area contributed by atoms with Gasteiger partial charge in [-0.1, -0.05) is 5.16 Å². The van der Waals surface area contributed by atoms with Gasteiger partial charge in [0.1, 0.15) is 0 Å². The van der Waals surface area contributed by atoms with E-state index in [1.54, 1.807) is 11.8 Å². The maximum absolute atomic E-state index is 12.0. The Bertz CT molecular complexity index is 444. The first kappa shape index (κ1) is 12.0. The summed E-state index contributed by atoms with van der Waals surface area (Å²) >= 11 is 1.56. The normalized spacial score (nSPS) is 23.6. The average molecular weight is 267 g/mol. The molecule has 1 saturated heterocycles. The SMILES string of the molecule is CSCC(=O)N1CCC[C@@H]1c1noc(C2CC2)n1. The smallest absolute Gasteiger partial charge is 0.233 e. The number of nitrogens with zero attached hydrogens (tertiary/aromatic N) is 3. The molecule has 1 aliphatic carbocycles. The van der Waals surface area contributed by atoms with Crippen molar-refractivity contribution in [2.45, 2.75) is 37.6 Å². The van der Waals surface area contributed by atoms with Gasteiger partial charge in [0, 0.05) is 12.5 Å². The van der Waals surface area contributed by atoms with Crippen molar-refractivity contribution in [2.75, 3.05) is 18.6 Å². The molecule has 0 spiro atoms. The van der Waals surface area contributed by atoms with Gasteiger partial charge in [0.2, 0.25) is 11.8 Å². The molecule has 1 saturated carbocycles. The largest absolute Gasteiger partial charge is 0.339 e. The number of likely N-dealkylation sites (tertiary alicyclic amines) is 1. The first-order valence-corrected chi connectivity index (χ1v) is 7.81. The Morgan fingerprint density at radius 3 is 3.06 bits per heavy atom. The lowest BCUT2D eigenvalue weighted by Gasteiger charge is -2.21. The zero-order valence-corrected chi connectivity index (χ0v) is 11.3. The molecule has 1 aromatic rings. The third kappa shape index (κ3) is 2.25. The van der Waals surface area contributed by atoms with Gasteiger partial charge in [-0.15, -0.1) is 0 Å². The Morgan fingerprint density at radius 1 is 1.50 bits per heavy atom. The van der Waals surface area contributed by atoms with Crippen LogP contribution < -0.4 is 0 Å². The minimum Gasteiger partial charge on any atom is -0.339 e. The second-order valence-electron chi connectivity index (χ2n) is 4.94. The van der Waals surface area contributed by atoms with Crippen LogP contribution in [0.4, 0.5) is 0 Å². The van der Waals surface area contributed by atoms with Gasteiger partial charge < -0.3 is 9.42 Å². The predicted molar refractivity (Wildman–Crippen MR) is 68.3 cm³/mol. The van der Waals surface area contributed by atoms with Crippen LogP contribution in [-0.2, 0) is 4.79 Å². The summed E-state index contributed by atoms with van der Waals surface area (Å²) < 4.78 is 5.28. The van der Waals surface area contributed by atoms with Crippen molar-refractivity contribution in [3.8, 4) is 0 Å². The minimum absolute atomic E-state index is 0.0286. The van der Waals surface area contributed by atoms with Crippen LogP contribution in [0.3, 0.4) is 0 Å². The molecule has 0 aromatic carbocycles. The summed E-state index contributed by atoms with van der Waals surface area (Å²) in [5.74, 6) is 2.65. The van der Waals surface area contributed by atoms with Crippen LogP contribution >= 0.6 is 11.8 Å². The summed E-state index contributed by atoms with van der Waals surface area (Å²) in [7, 11) is 0. The highest BCUT2D eigenvalue weighted by Gasteiger charge is 2.35. The van der Waals surface area contributed by atoms with E-state index in [4.69, 9.17) is 4.52 Å². The molecule has 18 heavy (non-hydrogen) atoms. The van der Waals surface area contributed by atoms with Crippen LogP contribution in [0.2, 0.25) is 0 Å². The lowest BCUT2D eigenvalue weighted by atomic mass is 10.2. The Labute approximate surface area is 110 Å². The third-order valence-corrected chi connectivity index (χ3v) is 4.06. The molecule has 2 aliphatic rings. The van der Waals surface area contributed by atoms with Gasteiger partial charge in [-0.3, -0.25) is 4.79 Å². The molecule has 5 nitrogen and oxygen atoms in total. The molecule has 2 heterocycles. The van der Waals surface area contributed by atoms with Crippen molar-refractivity contribution in [3.63, 3.8) is 0 Å². The van der Waals surface area contributed by atoms with Crippen LogP contribution in [0.1, 0.15) is 49.4 Å². The van der Waals surface area contributed by atoms with Gasteiger partial charge in [0.15, 0.2) is 5.82 Å². The number of hydrogen-bond donors (Lipinski definition) is 0. The van der Waals surface area contributed by atoms with E-state index in [9.17, 15) is 4.79 Å². The maximum Gasteiger partial charge on any atom is 0.233 e. The number of carbonyl (C=O) groups is 1. The first-order chi connectivity index (χ1) is 8.79. The number of hydrogen-bond acceptors (Lipinski definition) is 5. The molecular weight excluding hydrogens is 250 g/mol. The van der Waals surface area contributed by atoms with Crippen LogP contribution in [0.5, 0.6) is 0 Å². The molecule has 1 aromatic heterocycles. The number of amides is 1. The van der Waals surface area contributed by atoms with E-state index in [2.05, 4.69) is 10.1 Å². The zero-order valence-electron chi connectivity index (χ0n) is 10.5. The molecule has 3 rings (SSSR count). The monoisotopic (exact) mass is 267 g/mol. The molecule has 0 unspecified atom stereocenters. The van der Waals surface area contributed by atoms with Crippen LogP contribution in [0.25, 0.3) is 0 Å². The third-order valence-electron chi connectivity index (χ3n) is 3.52. The second kappa shape index (κ2) is 4.91. The first-order valence-electron chi connectivity index (χ1n) is 6.41. The summed E-state index contributed by atoms with van der Waals surface area (Å²) in [6.45, 7) is 0.817. The van der Waals surface area contributed by atoms with E-state index in [0.717, 1.165) is 38.1 Å². The van der Waals surface area contributed by atoms with Crippen molar-refractivity contribution < 1.29 is 9.32 Å². The van der Waals surface area contributed by atoms with Gasteiger partial charge in [-0.05, 0) is 31.9 Å². The topological polar surface area (TPSA) is 59.2 Å². The molecule has 2 fully saturated rings.